The minimum Gasteiger partial charge on any atom is -0.480 e. The van der Waals surface area contributed by atoms with Crippen molar-refractivity contribution in [1.29, 1.82) is 0 Å². The van der Waals surface area contributed by atoms with Crippen molar-refractivity contribution in [3.8, 4) is 0 Å². The summed E-state index contributed by atoms with van der Waals surface area (Å²) in [6.45, 7) is 6.38. The molecule has 35 heavy (non-hydrogen) atoms. The van der Waals surface area contributed by atoms with Crippen LogP contribution in [-0.2, 0) is 24.0 Å². The Morgan fingerprint density at radius 3 is 1.20 bits per heavy atom. The summed E-state index contributed by atoms with van der Waals surface area (Å²) in [6.07, 6.45) is 0.171. The Bertz CT molecular complexity index is 672. The molecule has 1 heterocycles. The summed E-state index contributed by atoms with van der Waals surface area (Å²) < 4.78 is 0. The molecular formula is C22H40N4O9. The van der Waals surface area contributed by atoms with Gasteiger partial charge in [0.05, 0.1) is 19.6 Å². The average molecular weight is 505 g/mol. The fourth-order valence-electron chi connectivity index (χ4n) is 3.71. The van der Waals surface area contributed by atoms with Crippen LogP contribution in [0.1, 0.15) is 33.6 Å². The molecule has 0 unspecified atom stereocenters. The van der Waals surface area contributed by atoms with Gasteiger partial charge >= 0.3 is 23.9 Å². The molecule has 0 aromatic heterocycles. The van der Waals surface area contributed by atoms with Crippen molar-refractivity contribution in [3.63, 3.8) is 0 Å². The van der Waals surface area contributed by atoms with Gasteiger partial charge in [-0.05, 0) is 13.3 Å². The summed E-state index contributed by atoms with van der Waals surface area (Å²) in [7, 11) is 0. The molecule has 1 aliphatic rings. The number of ketones is 1. The van der Waals surface area contributed by atoms with Gasteiger partial charge in [0.2, 0.25) is 0 Å². The van der Waals surface area contributed by atoms with Crippen molar-refractivity contribution in [3.05, 3.63) is 0 Å². The number of carboxylic acids is 4. The molecule has 1 atom stereocenters. The van der Waals surface area contributed by atoms with E-state index in [2.05, 4.69) is 0 Å². The number of nitrogens with zero attached hydrogens (tertiary/aromatic N) is 4. The van der Waals surface area contributed by atoms with E-state index in [1.807, 2.05) is 13.8 Å². The molecule has 1 saturated heterocycles. The van der Waals surface area contributed by atoms with Crippen LogP contribution in [0.3, 0.4) is 0 Å². The van der Waals surface area contributed by atoms with E-state index in [1.165, 1.54) is 6.92 Å². The highest BCUT2D eigenvalue weighted by molar-refractivity contribution is 5.78. The van der Waals surface area contributed by atoms with E-state index in [0.29, 0.717) is 0 Å². The lowest BCUT2D eigenvalue weighted by Crippen LogP contribution is -2.51. The monoisotopic (exact) mass is 504 g/mol. The number of carbonyl (C=O) groups is 5. The third kappa shape index (κ3) is 15.1. The average Bonchev–Trinajstić information content (AvgIpc) is 2.75. The Labute approximate surface area is 205 Å². The number of rotatable bonds is 11. The van der Waals surface area contributed by atoms with E-state index in [1.54, 1.807) is 19.6 Å². The first-order valence-corrected chi connectivity index (χ1v) is 11.8. The Balaban J connectivity index is 0.00000562. The van der Waals surface area contributed by atoms with Gasteiger partial charge in [-0.1, -0.05) is 13.8 Å². The highest BCUT2D eigenvalue weighted by Gasteiger charge is 2.28. The highest BCUT2D eigenvalue weighted by Crippen LogP contribution is 2.10. The molecule has 0 radical (unpaired) electrons. The van der Waals surface area contributed by atoms with Crippen LogP contribution in [0.25, 0.3) is 0 Å². The summed E-state index contributed by atoms with van der Waals surface area (Å²) in [5, 5.41) is 37.4. The van der Waals surface area contributed by atoms with Gasteiger partial charge in [-0.3, -0.25) is 38.8 Å². The maximum Gasteiger partial charge on any atom is 0.320 e. The van der Waals surface area contributed by atoms with E-state index in [0.717, 1.165) is 0 Å². The molecule has 1 aliphatic heterocycles. The molecule has 0 amide bonds. The molecule has 13 heteroatoms. The number of aliphatic carboxylic acids is 4. The van der Waals surface area contributed by atoms with Crippen LogP contribution in [0.5, 0.6) is 0 Å². The van der Waals surface area contributed by atoms with Crippen molar-refractivity contribution >= 4 is 29.7 Å². The lowest BCUT2D eigenvalue weighted by atomic mass is 10.1. The zero-order valence-electron chi connectivity index (χ0n) is 20.9. The summed E-state index contributed by atoms with van der Waals surface area (Å²) >= 11 is 0. The van der Waals surface area contributed by atoms with Crippen LogP contribution in [0.15, 0.2) is 0 Å². The fourth-order valence-corrected chi connectivity index (χ4v) is 3.71. The molecule has 0 saturated carbocycles. The number of hydrogen-bond donors (Lipinski definition) is 4. The third-order valence-corrected chi connectivity index (χ3v) is 5.44. The minimum atomic E-state index is -1.11. The highest BCUT2D eigenvalue weighted by atomic mass is 16.4. The van der Waals surface area contributed by atoms with E-state index in [4.69, 9.17) is 0 Å². The quantitative estimate of drug-likeness (QED) is 0.278. The Morgan fingerprint density at radius 2 is 0.943 bits per heavy atom. The molecule has 1 rings (SSSR count). The lowest BCUT2D eigenvalue weighted by Gasteiger charge is -2.35. The molecule has 0 spiro atoms. The van der Waals surface area contributed by atoms with E-state index < -0.39 is 29.9 Å². The predicted octanol–water partition coefficient (Wildman–Crippen LogP) is -0.690. The summed E-state index contributed by atoms with van der Waals surface area (Å²) in [5.41, 5.74) is 0. The van der Waals surface area contributed by atoms with Gasteiger partial charge < -0.3 is 25.2 Å². The van der Waals surface area contributed by atoms with Gasteiger partial charge in [-0.2, -0.15) is 0 Å². The number of carbonyl (C=O) groups excluding carboxylic acids is 1. The lowest BCUT2D eigenvalue weighted by molar-refractivity contribution is -0.145. The van der Waals surface area contributed by atoms with Crippen LogP contribution < -0.4 is 0 Å². The second-order valence-electron chi connectivity index (χ2n) is 8.14. The first-order valence-electron chi connectivity index (χ1n) is 11.8. The molecule has 0 aromatic rings. The molecule has 0 bridgehead atoms. The van der Waals surface area contributed by atoms with E-state index >= 15 is 0 Å². The maximum absolute atomic E-state index is 11.9. The van der Waals surface area contributed by atoms with Gasteiger partial charge in [-0.15, -0.1) is 0 Å². The largest absolute Gasteiger partial charge is 0.480 e. The molecule has 4 N–H and O–H groups in total. The molecule has 202 valence electrons. The van der Waals surface area contributed by atoms with Crippen LogP contribution in [0.2, 0.25) is 0 Å². The smallest absolute Gasteiger partial charge is 0.320 e. The van der Waals surface area contributed by atoms with Gasteiger partial charge in [0.15, 0.2) is 0 Å². The molecular weight excluding hydrogens is 464 g/mol. The number of Topliss-reactive ketones (excluding diaryl/α,β-unsaturated/α-hetero) is 1. The predicted molar refractivity (Wildman–Crippen MR) is 126 cm³/mol. The van der Waals surface area contributed by atoms with E-state index in [9.17, 15) is 44.4 Å². The first kappa shape index (κ1) is 32.4. The zero-order valence-corrected chi connectivity index (χ0v) is 20.9. The van der Waals surface area contributed by atoms with Crippen molar-refractivity contribution in [2.24, 2.45) is 0 Å². The van der Waals surface area contributed by atoms with Gasteiger partial charge in [0, 0.05) is 58.8 Å². The number of hydrogen-bond acceptors (Lipinski definition) is 9. The van der Waals surface area contributed by atoms with Crippen LogP contribution >= 0.6 is 0 Å². The zero-order chi connectivity index (χ0) is 27.0. The number of carboxylic acid groups (broad SMARTS) is 4. The SMILES string of the molecule is CC.CC(=O)CC[C@H](C(=O)O)N1CCN(CC(=O)O)CCN(CC(=O)O)CCN(CC(=O)O)CC1. The Hall–Kier alpha value is -2.61. The van der Waals surface area contributed by atoms with Crippen LogP contribution in [0.4, 0.5) is 0 Å². The molecule has 13 nitrogen and oxygen atoms in total. The van der Waals surface area contributed by atoms with Crippen molar-refractivity contribution in [1.82, 2.24) is 19.6 Å². The van der Waals surface area contributed by atoms with Gasteiger partial charge in [0.1, 0.15) is 11.8 Å². The van der Waals surface area contributed by atoms with Crippen molar-refractivity contribution < 1.29 is 44.4 Å². The standard InChI is InChI=1S/C20H34N4O9.C2H6/c1-15(25)2-3-16(20(32)33)24-10-8-22(13-18(28)29)6-4-21(12-17(26)27)5-7-23(9-11-24)14-19(30)31;1-2/h16H,2-14H2,1H3,(H,26,27)(H,28,29)(H,30,31)(H,32,33);1-2H3/t16-;/m1./s1. The second-order valence-corrected chi connectivity index (χ2v) is 8.14. The van der Waals surface area contributed by atoms with Crippen LogP contribution in [-0.4, -0.2) is 148 Å². The van der Waals surface area contributed by atoms with Gasteiger partial charge in [0.25, 0.3) is 0 Å². The molecule has 1 fully saturated rings. The van der Waals surface area contributed by atoms with Gasteiger partial charge in [-0.25, -0.2) is 0 Å². The fraction of sp³-hybridized carbons (Fsp3) is 0.773. The minimum absolute atomic E-state index is 0.0787. The Kier molecular flexibility index (Phi) is 16.4. The normalized spacial score (nSPS) is 18.3. The topological polar surface area (TPSA) is 179 Å². The first-order chi connectivity index (χ1) is 16.5. The van der Waals surface area contributed by atoms with Crippen LogP contribution in [0, 0.1) is 0 Å². The summed E-state index contributed by atoms with van der Waals surface area (Å²) in [6, 6.07) is -0.973. The van der Waals surface area contributed by atoms with Crippen molar-refractivity contribution in [2.45, 2.75) is 39.7 Å². The van der Waals surface area contributed by atoms with E-state index in [-0.39, 0.29) is 90.6 Å². The Morgan fingerprint density at radius 1 is 0.629 bits per heavy atom. The maximum atomic E-state index is 11.9. The van der Waals surface area contributed by atoms with Crippen molar-refractivity contribution in [2.75, 3.05) is 72.0 Å². The summed E-state index contributed by atoms with van der Waals surface area (Å²) in [5.74, 6) is -4.41. The summed E-state index contributed by atoms with van der Waals surface area (Å²) in [4.78, 5) is 63.6. The molecule has 0 aromatic carbocycles. The third-order valence-electron chi connectivity index (χ3n) is 5.44. The second kappa shape index (κ2) is 17.8. The molecule has 0 aliphatic carbocycles.